The highest BCUT2D eigenvalue weighted by atomic mass is 19.4. The molecule has 2 N–H and O–H groups in total. The van der Waals surface area contributed by atoms with E-state index in [1.54, 1.807) is 6.07 Å². The van der Waals surface area contributed by atoms with E-state index in [1.165, 1.54) is 30.3 Å². The first-order valence-corrected chi connectivity index (χ1v) is 7.31. The van der Waals surface area contributed by atoms with Crippen molar-refractivity contribution in [2.45, 2.75) is 6.18 Å². The van der Waals surface area contributed by atoms with E-state index in [-0.39, 0.29) is 17.1 Å². The lowest BCUT2D eigenvalue weighted by Crippen LogP contribution is -2.15. The Kier molecular flexibility index (Phi) is 5.77. The number of para-hydroxylation sites is 1. The molecule has 0 fully saturated rings. The van der Waals surface area contributed by atoms with Crippen molar-refractivity contribution in [1.29, 1.82) is 5.26 Å². The SMILES string of the molecule is N#C/C(=C/Nc1ccccc1C(F)(F)F)C(=O)Nc1cccc([N+](=O)[O-])c1. The second-order valence-electron chi connectivity index (χ2n) is 5.12. The topological polar surface area (TPSA) is 108 Å². The number of nitro benzene ring substituents is 1. The van der Waals surface area contributed by atoms with Crippen molar-refractivity contribution < 1.29 is 22.9 Å². The number of nitrogens with one attached hydrogen (secondary N) is 2. The maximum atomic E-state index is 12.9. The normalized spacial score (nSPS) is 11.4. The number of hydrogen-bond acceptors (Lipinski definition) is 5. The summed E-state index contributed by atoms with van der Waals surface area (Å²) < 4.78 is 38.8. The quantitative estimate of drug-likeness (QED) is 0.354. The van der Waals surface area contributed by atoms with Crippen molar-refractivity contribution in [3.8, 4) is 6.07 Å². The van der Waals surface area contributed by atoms with Crippen LogP contribution in [0.4, 0.5) is 30.2 Å². The van der Waals surface area contributed by atoms with Crippen LogP contribution in [-0.2, 0) is 11.0 Å². The zero-order valence-corrected chi connectivity index (χ0v) is 13.4. The minimum absolute atomic E-state index is 0.0611. The molecule has 2 aromatic carbocycles. The van der Waals surface area contributed by atoms with E-state index in [0.717, 1.165) is 24.4 Å². The third-order valence-corrected chi connectivity index (χ3v) is 3.28. The van der Waals surface area contributed by atoms with E-state index in [1.807, 2.05) is 0 Å². The van der Waals surface area contributed by atoms with E-state index >= 15 is 0 Å². The maximum absolute atomic E-state index is 12.9. The molecular weight excluding hydrogens is 365 g/mol. The van der Waals surface area contributed by atoms with Gasteiger partial charge in [-0.25, -0.2) is 0 Å². The molecule has 1 amide bonds. The highest BCUT2D eigenvalue weighted by molar-refractivity contribution is 6.06. The van der Waals surface area contributed by atoms with E-state index in [2.05, 4.69) is 10.6 Å². The van der Waals surface area contributed by atoms with Crippen molar-refractivity contribution in [2.75, 3.05) is 10.6 Å². The van der Waals surface area contributed by atoms with Crippen LogP contribution in [0.2, 0.25) is 0 Å². The summed E-state index contributed by atoms with van der Waals surface area (Å²) in [6.07, 6.45) is -3.78. The maximum Gasteiger partial charge on any atom is 0.418 e. The van der Waals surface area contributed by atoms with Crippen molar-refractivity contribution in [3.05, 3.63) is 76.0 Å². The second kappa shape index (κ2) is 8.01. The van der Waals surface area contributed by atoms with Crippen molar-refractivity contribution in [1.82, 2.24) is 0 Å². The molecule has 0 aliphatic heterocycles. The zero-order chi connectivity index (χ0) is 20.0. The smallest absolute Gasteiger partial charge is 0.360 e. The van der Waals surface area contributed by atoms with Crippen LogP contribution < -0.4 is 10.6 Å². The number of hydrogen-bond donors (Lipinski definition) is 2. The van der Waals surface area contributed by atoms with Crippen LogP contribution in [0.25, 0.3) is 0 Å². The number of amides is 1. The minimum atomic E-state index is -4.62. The Morgan fingerprint density at radius 3 is 2.52 bits per heavy atom. The van der Waals surface area contributed by atoms with Crippen LogP contribution in [0, 0.1) is 21.4 Å². The molecule has 0 saturated carbocycles. The standard InChI is InChI=1S/C17H11F3N4O3/c18-17(19,20)14-6-1-2-7-15(14)22-10-11(9-21)16(25)23-12-4-3-5-13(8-12)24(26)27/h1-8,10,22H,(H,23,25)/b11-10-. The molecule has 0 aromatic heterocycles. The Morgan fingerprint density at radius 1 is 1.19 bits per heavy atom. The van der Waals surface area contributed by atoms with E-state index in [0.29, 0.717) is 0 Å². The molecule has 7 nitrogen and oxygen atoms in total. The molecule has 27 heavy (non-hydrogen) atoms. The van der Waals surface area contributed by atoms with Crippen LogP contribution in [0.3, 0.4) is 0 Å². The number of halogens is 3. The van der Waals surface area contributed by atoms with Gasteiger partial charge in [-0.1, -0.05) is 18.2 Å². The van der Waals surface area contributed by atoms with Crippen molar-refractivity contribution in [2.24, 2.45) is 0 Å². The lowest BCUT2D eigenvalue weighted by molar-refractivity contribution is -0.384. The largest absolute Gasteiger partial charge is 0.418 e. The highest BCUT2D eigenvalue weighted by Crippen LogP contribution is 2.34. The lowest BCUT2D eigenvalue weighted by Gasteiger charge is -2.12. The van der Waals surface area contributed by atoms with Gasteiger partial charge in [-0.3, -0.25) is 14.9 Å². The van der Waals surface area contributed by atoms with Gasteiger partial charge in [0.15, 0.2) is 0 Å². The number of rotatable bonds is 5. The molecule has 0 aliphatic rings. The Balaban J connectivity index is 2.20. The van der Waals surface area contributed by atoms with Gasteiger partial charge in [0.2, 0.25) is 0 Å². The summed E-state index contributed by atoms with van der Waals surface area (Å²) in [6, 6.07) is 11.1. The van der Waals surface area contributed by atoms with E-state index in [9.17, 15) is 28.1 Å². The van der Waals surface area contributed by atoms with Gasteiger partial charge in [-0.2, -0.15) is 18.4 Å². The molecule has 0 bridgehead atoms. The number of non-ortho nitro benzene ring substituents is 1. The third kappa shape index (κ3) is 5.05. The number of alkyl halides is 3. The predicted octanol–water partition coefficient (Wildman–Crippen LogP) is 4.07. The van der Waals surface area contributed by atoms with Crippen LogP contribution >= 0.6 is 0 Å². The first-order valence-electron chi connectivity index (χ1n) is 7.31. The Hall–Kier alpha value is -3.87. The Bertz CT molecular complexity index is 949. The Labute approximate surface area is 150 Å². The Morgan fingerprint density at radius 2 is 1.89 bits per heavy atom. The molecule has 0 unspecified atom stereocenters. The lowest BCUT2D eigenvalue weighted by atomic mass is 10.1. The van der Waals surface area contributed by atoms with Crippen LogP contribution in [-0.4, -0.2) is 10.8 Å². The minimum Gasteiger partial charge on any atom is -0.360 e. The summed E-state index contributed by atoms with van der Waals surface area (Å²) in [6.45, 7) is 0. The number of benzene rings is 2. The van der Waals surface area contributed by atoms with Gasteiger partial charge in [0, 0.05) is 24.0 Å². The van der Waals surface area contributed by atoms with Gasteiger partial charge in [0.1, 0.15) is 11.6 Å². The first kappa shape index (κ1) is 19.5. The molecule has 0 radical (unpaired) electrons. The van der Waals surface area contributed by atoms with Gasteiger partial charge in [0.25, 0.3) is 11.6 Å². The fraction of sp³-hybridized carbons (Fsp3) is 0.0588. The van der Waals surface area contributed by atoms with Gasteiger partial charge in [0.05, 0.1) is 16.2 Å². The fourth-order valence-corrected chi connectivity index (χ4v) is 2.05. The summed E-state index contributed by atoms with van der Waals surface area (Å²) in [4.78, 5) is 22.2. The molecule has 0 aliphatic carbocycles. The van der Waals surface area contributed by atoms with E-state index < -0.39 is 28.1 Å². The average molecular weight is 376 g/mol. The van der Waals surface area contributed by atoms with Crippen LogP contribution in [0.5, 0.6) is 0 Å². The van der Waals surface area contributed by atoms with Crippen molar-refractivity contribution >= 4 is 23.0 Å². The fourth-order valence-electron chi connectivity index (χ4n) is 2.05. The van der Waals surface area contributed by atoms with E-state index in [4.69, 9.17) is 5.26 Å². The number of nitriles is 1. The van der Waals surface area contributed by atoms with Gasteiger partial charge < -0.3 is 10.6 Å². The molecule has 0 heterocycles. The third-order valence-electron chi connectivity index (χ3n) is 3.28. The molecule has 10 heteroatoms. The predicted molar refractivity (Wildman–Crippen MR) is 90.5 cm³/mol. The number of anilines is 2. The summed E-state index contributed by atoms with van der Waals surface area (Å²) in [5.41, 5.74) is -2.02. The summed E-state index contributed by atoms with van der Waals surface area (Å²) in [7, 11) is 0. The van der Waals surface area contributed by atoms with Gasteiger partial charge >= 0.3 is 6.18 Å². The molecule has 0 spiro atoms. The average Bonchev–Trinajstić information content (AvgIpc) is 2.62. The number of nitrogens with zero attached hydrogens (tertiary/aromatic N) is 2. The summed E-state index contributed by atoms with van der Waals surface area (Å²) in [5.74, 6) is -0.935. The van der Waals surface area contributed by atoms with Gasteiger partial charge in [-0.05, 0) is 18.2 Å². The highest BCUT2D eigenvalue weighted by Gasteiger charge is 2.33. The number of carbonyl (C=O) groups excluding carboxylic acids is 1. The van der Waals surface area contributed by atoms with Gasteiger partial charge in [-0.15, -0.1) is 0 Å². The number of nitro groups is 1. The summed E-state index contributed by atoms with van der Waals surface area (Å²) in [5, 5.41) is 24.4. The zero-order valence-electron chi connectivity index (χ0n) is 13.4. The first-order chi connectivity index (χ1) is 12.7. The summed E-state index contributed by atoms with van der Waals surface area (Å²) >= 11 is 0. The second-order valence-corrected chi connectivity index (χ2v) is 5.12. The monoisotopic (exact) mass is 376 g/mol. The molecule has 138 valence electrons. The molecule has 0 saturated heterocycles. The molecule has 2 rings (SSSR count). The van der Waals surface area contributed by atoms with Crippen LogP contribution in [0.15, 0.2) is 60.3 Å². The molecular formula is C17H11F3N4O3. The number of carbonyl (C=O) groups is 1. The molecule has 0 atom stereocenters. The van der Waals surface area contributed by atoms with Crippen LogP contribution in [0.1, 0.15) is 5.56 Å². The molecule has 2 aromatic rings. The van der Waals surface area contributed by atoms with Crippen molar-refractivity contribution in [3.63, 3.8) is 0 Å².